The van der Waals surface area contributed by atoms with Gasteiger partial charge >= 0.3 is 0 Å². The summed E-state index contributed by atoms with van der Waals surface area (Å²) in [5.41, 5.74) is 2.99. The zero-order valence-electron chi connectivity index (χ0n) is 24.6. The van der Waals surface area contributed by atoms with Gasteiger partial charge in [0.05, 0.1) is 11.9 Å². The van der Waals surface area contributed by atoms with Crippen LogP contribution in [-0.2, 0) is 32.6 Å². The summed E-state index contributed by atoms with van der Waals surface area (Å²) in [6.45, 7) is 2.10. The maximum atomic E-state index is 14.0. The average Bonchev–Trinajstić information content (AvgIpc) is 3.47. The third kappa shape index (κ3) is 9.46. The molecule has 1 saturated carbocycles. The van der Waals surface area contributed by atoms with Crippen LogP contribution >= 0.6 is 23.2 Å². The number of hydrogen-bond donors (Lipinski definition) is 1. The molecular formula is C33H39Cl2N3O4S. The van der Waals surface area contributed by atoms with E-state index >= 15 is 0 Å². The minimum Gasteiger partial charge on any atom is -0.352 e. The van der Waals surface area contributed by atoms with Gasteiger partial charge in [-0.2, -0.15) is 0 Å². The molecule has 0 bridgehead atoms. The predicted octanol–water partition coefficient (Wildman–Crippen LogP) is 6.55. The summed E-state index contributed by atoms with van der Waals surface area (Å²) in [5.74, 6) is -0.419. The number of carbonyl (C=O) groups is 2. The maximum absolute atomic E-state index is 14.0. The Labute approximate surface area is 265 Å². The molecule has 10 heteroatoms. The van der Waals surface area contributed by atoms with Crippen molar-refractivity contribution in [1.82, 2.24) is 10.2 Å². The Morgan fingerprint density at radius 2 is 1.60 bits per heavy atom. The van der Waals surface area contributed by atoms with Crippen molar-refractivity contribution < 1.29 is 18.0 Å². The standard InChI is InChI=1S/C33H39Cl2N3O4S/c1-24-17-18-28(35)22-30(24)38(43(2,41)42)19-9-16-32(39)37(23-26-12-8-13-27(34)20-26)31(21-25-10-4-3-5-11-25)33(40)36-29-14-6-7-15-29/h3-5,8,10-13,17-18,20,22,29,31H,6-7,9,14-16,19,21,23H2,1-2H3,(H,36,40)/t31-/m0/s1. The first-order chi connectivity index (χ1) is 20.5. The number of halogens is 2. The van der Waals surface area contributed by atoms with Crippen LogP contribution in [0.5, 0.6) is 0 Å². The van der Waals surface area contributed by atoms with Crippen LogP contribution in [0.25, 0.3) is 0 Å². The van der Waals surface area contributed by atoms with Crippen molar-refractivity contribution in [3.8, 4) is 0 Å². The number of amides is 2. The van der Waals surface area contributed by atoms with Gasteiger partial charge in [-0.1, -0.05) is 84.6 Å². The molecular weight excluding hydrogens is 605 g/mol. The Morgan fingerprint density at radius 1 is 0.930 bits per heavy atom. The van der Waals surface area contributed by atoms with Crippen LogP contribution in [0.15, 0.2) is 72.8 Å². The number of aryl methyl sites for hydroxylation is 1. The Hall–Kier alpha value is -3.07. The summed E-state index contributed by atoms with van der Waals surface area (Å²) in [4.78, 5) is 29.5. The SMILES string of the molecule is Cc1ccc(Cl)cc1N(CCCC(=O)N(Cc1cccc(Cl)c1)[C@@H](Cc1ccccc1)C(=O)NC1CCCC1)S(C)(=O)=O. The topological polar surface area (TPSA) is 86.8 Å². The maximum Gasteiger partial charge on any atom is 0.243 e. The van der Waals surface area contributed by atoms with Crippen molar-refractivity contribution in [2.24, 2.45) is 0 Å². The average molecular weight is 645 g/mol. The van der Waals surface area contributed by atoms with E-state index in [1.54, 1.807) is 35.2 Å². The quantitative estimate of drug-likeness (QED) is 0.229. The number of anilines is 1. The molecule has 3 aromatic carbocycles. The second-order valence-electron chi connectivity index (χ2n) is 11.2. The van der Waals surface area contributed by atoms with Crippen molar-refractivity contribution >= 4 is 50.7 Å². The summed E-state index contributed by atoms with van der Waals surface area (Å²) in [7, 11) is -3.64. The second-order valence-corrected chi connectivity index (χ2v) is 14.0. The lowest BCUT2D eigenvalue weighted by Crippen LogP contribution is -2.52. The summed E-state index contributed by atoms with van der Waals surface area (Å²) in [5, 5.41) is 4.17. The summed E-state index contributed by atoms with van der Waals surface area (Å²) < 4.78 is 26.8. The molecule has 230 valence electrons. The van der Waals surface area contributed by atoms with Crippen LogP contribution < -0.4 is 9.62 Å². The highest BCUT2D eigenvalue weighted by molar-refractivity contribution is 7.92. The highest BCUT2D eigenvalue weighted by Gasteiger charge is 2.32. The van der Waals surface area contributed by atoms with Gasteiger partial charge in [-0.3, -0.25) is 13.9 Å². The number of nitrogens with zero attached hydrogens (tertiary/aromatic N) is 2. The Morgan fingerprint density at radius 3 is 2.28 bits per heavy atom. The number of nitrogens with one attached hydrogen (secondary N) is 1. The fourth-order valence-electron chi connectivity index (χ4n) is 5.59. The number of benzene rings is 3. The molecule has 43 heavy (non-hydrogen) atoms. The van der Waals surface area contributed by atoms with Gasteiger partial charge in [0.15, 0.2) is 0 Å². The van der Waals surface area contributed by atoms with Gasteiger partial charge in [0.25, 0.3) is 0 Å². The highest BCUT2D eigenvalue weighted by atomic mass is 35.5. The predicted molar refractivity (Wildman–Crippen MR) is 174 cm³/mol. The molecule has 0 unspecified atom stereocenters. The van der Waals surface area contributed by atoms with E-state index in [2.05, 4.69) is 5.32 Å². The number of sulfonamides is 1. The van der Waals surface area contributed by atoms with Crippen molar-refractivity contribution in [2.75, 3.05) is 17.1 Å². The van der Waals surface area contributed by atoms with E-state index in [9.17, 15) is 18.0 Å². The second kappa shape index (κ2) is 15.1. The molecule has 1 aliphatic rings. The van der Waals surface area contributed by atoms with Crippen LogP contribution in [0.3, 0.4) is 0 Å². The van der Waals surface area contributed by atoms with E-state index in [0.29, 0.717) is 22.2 Å². The van der Waals surface area contributed by atoms with Crippen LogP contribution in [0.4, 0.5) is 5.69 Å². The van der Waals surface area contributed by atoms with Gasteiger partial charge in [0, 0.05) is 42.0 Å². The lowest BCUT2D eigenvalue weighted by Gasteiger charge is -2.33. The molecule has 0 aromatic heterocycles. The summed E-state index contributed by atoms with van der Waals surface area (Å²) in [6, 6.07) is 21.4. The van der Waals surface area contributed by atoms with E-state index in [0.717, 1.165) is 48.6 Å². The number of carbonyl (C=O) groups excluding carboxylic acids is 2. The van der Waals surface area contributed by atoms with Gasteiger partial charge in [-0.15, -0.1) is 0 Å². The third-order valence-corrected chi connectivity index (χ3v) is 9.46. The fourth-order valence-corrected chi connectivity index (χ4v) is 6.98. The van der Waals surface area contributed by atoms with E-state index in [1.165, 1.54) is 4.31 Å². The highest BCUT2D eigenvalue weighted by Crippen LogP contribution is 2.27. The molecule has 7 nitrogen and oxygen atoms in total. The third-order valence-electron chi connectivity index (χ3n) is 7.81. The van der Waals surface area contributed by atoms with Gasteiger partial charge in [-0.25, -0.2) is 8.42 Å². The van der Waals surface area contributed by atoms with Crippen LogP contribution in [0, 0.1) is 6.92 Å². The molecule has 0 radical (unpaired) electrons. The first-order valence-electron chi connectivity index (χ1n) is 14.6. The van der Waals surface area contributed by atoms with E-state index in [4.69, 9.17) is 23.2 Å². The van der Waals surface area contributed by atoms with Crippen LogP contribution in [0.2, 0.25) is 10.0 Å². The lowest BCUT2D eigenvalue weighted by molar-refractivity contribution is -0.141. The molecule has 1 fully saturated rings. The molecule has 0 spiro atoms. The largest absolute Gasteiger partial charge is 0.352 e. The van der Waals surface area contributed by atoms with Crippen LogP contribution in [0.1, 0.15) is 55.2 Å². The minimum atomic E-state index is -3.64. The molecule has 1 atom stereocenters. The molecule has 3 aromatic rings. The molecule has 2 amide bonds. The number of hydrogen-bond acceptors (Lipinski definition) is 4. The van der Waals surface area contributed by atoms with Gasteiger partial charge in [-0.05, 0) is 67.1 Å². The fraction of sp³-hybridized carbons (Fsp3) is 0.394. The number of rotatable bonds is 13. The van der Waals surface area contributed by atoms with Gasteiger partial charge in [0.2, 0.25) is 21.8 Å². The molecule has 1 aliphatic carbocycles. The Bertz CT molecular complexity index is 1510. The van der Waals surface area contributed by atoms with E-state index in [-0.39, 0.29) is 43.8 Å². The van der Waals surface area contributed by atoms with Gasteiger partial charge < -0.3 is 10.2 Å². The lowest BCUT2D eigenvalue weighted by atomic mass is 10.0. The van der Waals surface area contributed by atoms with E-state index < -0.39 is 16.1 Å². The Kier molecular flexibility index (Phi) is 11.5. The van der Waals surface area contributed by atoms with Crippen LogP contribution in [-0.4, -0.2) is 50.0 Å². The molecule has 0 heterocycles. The first-order valence-corrected chi connectivity index (χ1v) is 17.2. The Balaban J connectivity index is 1.60. The zero-order chi connectivity index (χ0) is 31.0. The smallest absolute Gasteiger partial charge is 0.243 e. The van der Waals surface area contributed by atoms with Crippen molar-refractivity contribution in [3.63, 3.8) is 0 Å². The van der Waals surface area contributed by atoms with E-state index in [1.807, 2.05) is 49.4 Å². The first kappa shape index (κ1) is 32.8. The normalized spacial score (nSPS) is 14.3. The minimum absolute atomic E-state index is 0.0498. The van der Waals surface area contributed by atoms with Gasteiger partial charge in [0.1, 0.15) is 6.04 Å². The molecule has 4 rings (SSSR count). The van der Waals surface area contributed by atoms with Crippen molar-refractivity contribution in [3.05, 3.63) is 99.5 Å². The molecule has 0 aliphatic heterocycles. The van der Waals surface area contributed by atoms with Crippen molar-refractivity contribution in [2.45, 2.75) is 70.5 Å². The summed E-state index contributed by atoms with van der Waals surface area (Å²) >= 11 is 12.5. The van der Waals surface area contributed by atoms with Crippen molar-refractivity contribution in [1.29, 1.82) is 0 Å². The summed E-state index contributed by atoms with van der Waals surface area (Å²) in [6.07, 6.45) is 5.80. The monoisotopic (exact) mass is 643 g/mol. The molecule has 0 saturated heterocycles. The molecule has 1 N–H and O–H groups in total. The zero-order valence-corrected chi connectivity index (χ0v) is 27.0.